The first-order chi connectivity index (χ1) is 10.5. The molecule has 0 aromatic heterocycles. The van der Waals surface area contributed by atoms with E-state index < -0.39 is 11.7 Å². The van der Waals surface area contributed by atoms with Crippen LogP contribution in [0.15, 0.2) is 24.3 Å². The van der Waals surface area contributed by atoms with Gasteiger partial charge in [0.2, 0.25) is 0 Å². The monoisotopic (exact) mass is 316 g/mol. The van der Waals surface area contributed by atoms with Gasteiger partial charge in [0.1, 0.15) is 11.9 Å². The van der Waals surface area contributed by atoms with Gasteiger partial charge in [-0.25, -0.2) is 5.01 Å². The van der Waals surface area contributed by atoms with Crippen LogP contribution in [0.4, 0.5) is 13.2 Å². The molecule has 1 aliphatic heterocycles. The maximum absolute atomic E-state index is 12.7. The van der Waals surface area contributed by atoms with Gasteiger partial charge in [0.25, 0.3) is 0 Å². The Balaban J connectivity index is 1.81. The quantitative estimate of drug-likeness (QED) is 0.807. The van der Waals surface area contributed by atoms with E-state index in [-0.39, 0.29) is 6.10 Å². The van der Waals surface area contributed by atoms with E-state index in [1.807, 2.05) is 0 Å². The zero-order chi connectivity index (χ0) is 16.0. The molecule has 1 N–H and O–H groups in total. The fourth-order valence-corrected chi connectivity index (χ4v) is 2.48. The lowest BCUT2D eigenvalue weighted by Gasteiger charge is -2.32. The number of unbranched alkanes of at least 4 members (excludes halogenated alkanes) is 1. The molecule has 0 radical (unpaired) electrons. The van der Waals surface area contributed by atoms with Gasteiger partial charge in [0.15, 0.2) is 0 Å². The summed E-state index contributed by atoms with van der Waals surface area (Å²) in [5.41, 5.74) is 2.70. The number of ether oxygens (including phenoxy) is 1. The zero-order valence-corrected chi connectivity index (χ0v) is 12.8. The minimum Gasteiger partial charge on any atom is -0.490 e. The maximum atomic E-state index is 12.7. The van der Waals surface area contributed by atoms with Gasteiger partial charge in [0.05, 0.1) is 5.56 Å². The molecule has 1 heterocycles. The summed E-state index contributed by atoms with van der Waals surface area (Å²) in [6.07, 6.45) is -0.424. The van der Waals surface area contributed by atoms with Gasteiger partial charge in [-0.15, -0.1) is 0 Å². The second-order valence-electron chi connectivity index (χ2n) is 5.59. The molecule has 0 unspecified atom stereocenters. The summed E-state index contributed by atoms with van der Waals surface area (Å²) in [7, 11) is 0. The highest BCUT2D eigenvalue weighted by Crippen LogP contribution is 2.31. The molecule has 3 nitrogen and oxygen atoms in total. The van der Waals surface area contributed by atoms with Crippen LogP contribution in [0.25, 0.3) is 0 Å². The predicted molar refractivity (Wildman–Crippen MR) is 79.6 cm³/mol. The summed E-state index contributed by atoms with van der Waals surface area (Å²) < 4.78 is 43.7. The molecule has 0 bridgehead atoms. The molecule has 0 amide bonds. The van der Waals surface area contributed by atoms with Gasteiger partial charge in [-0.3, -0.25) is 5.43 Å². The molecular formula is C16H23F3N2O. The Morgan fingerprint density at radius 2 is 2.00 bits per heavy atom. The van der Waals surface area contributed by atoms with Crippen molar-refractivity contribution >= 4 is 0 Å². The molecule has 22 heavy (non-hydrogen) atoms. The molecular weight excluding hydrogens is 293 g/mol. The molecule has 0 spiro atoms. The number of hydrogen-bond acceptors (Lipinski definition) is 3. The molecule has 1 aliphatic rings. The molecule has 6 heteroatoms. The van der Waals surface area contributed by atoms with Gasteiger partial charge in [-0.1, -0.05) is 19.4 Å². The summed E-state index contributed by atoms with van der Waals surface area (Å²) in [5.74, 6) is 0.298. The van der Waals surface area contributed by atoms with Crippen molar-refractivity contribution in [3.05, 3.63) is 29.8 Å². The van der Waals surface area contributed by atoms with Crippen molar-refractivity contribution in [3.8, 4) is 5.75 Å². The van der Waals surface area contributed by atoms with Crippen LogP contribution in [0.3, 0.4) is 0 Å². The fraction of sp³-hybridized carbons (Fsp3) is 0.625. The third-order valence-corrected chi connectivity index (χ3v) is 3.77. The minimum absolute atomic E-state index is 0.0206. The van der Waals surface area contributed by atoms with Crippen molar-refractivity contribution in [2.45, 2.75) is 44.9 Å². The molecule has 0 aliphatic carbocycles. The van der Waals surface area contributed by atoms with Gasteiger partial charge < -0.3 is 4.74 Å². The topological polar surface area (TPSA) is 24.5 Å². The Hall–Kier alpha value is -1.27. The lowest BCUT2D eigenvalue weighted by Crippen LogP contribution is -2.46. The largest absolute Gasteiger partial charge is 0.490 e. The number of alkyl halides is 3. The Labute approximate surface area is 129 Å². The highest BCUT2D eigenvalue weighted by atomic mass is 19.4. The van der Waals surface area contributed by atoms with Crippen molar-refractivity contribution in [2.75, 3.05) is 19.6 Å². The normalized spacial score (nSPS) is 17.6. The summed E-state index contributed by atoms with van der Waals surface area (Å²) in [6.45, 7) is 4.83. The van der Waals surface area contributed by atoms with Crippen molar-refractivity contribution in [2.24, 2.45) is 0 Å². The van der Waals surface area contributed by atoms with Crippen LogP contribution in [-0.4, -0.2) is 30.7 Å². The third kappa shape index (κ3) is 5.18. The van der Waals surface area contributed by atoms with Gasteiger partial charge in [-0.2, -0.15) is 13.2 Å². The van der Waals surface area contributed by atoms with E-state index in [1.165, 1.54) is 6.07 Å². The van der Waals surface area contributed by atoms with E-state index in [9.17, 15) is 13.2 Å². The Morgan fingerprint density at radius 1 is 1.27 bits per heavy atom. The first kappa shape index (κ1) is 17.1. The average Bonchev–Trinajstić information content (AvgIpc) is 2.49. The SMILES string of the molecule is CCCCNN1CCC(Oc2cccc(C(F)(F)F)c2)CC1. The minimum atomic E-state index is -4.33. The second kappa shape index (κ2) is 7.83. The van der Waals surface area contributed by atoms with E-state index >= 15 is 0 Å². The number of benzene rings is 1. The lowest BCUT2D eigenvalue weighted by molar-refractivity contribution is -0.137. The average molecular weight is 316 g/mol. The van der Waals surface area contributed by atoms with E-state index in [4.69, 9.17) is 4.74 Å². The highest BCUT2D eigenvalue weighted by molar-refractivity contribution is 5.30. The van der Waals surface area contributed by atoms with E-state index in [0.29, 0.717) is 5.75 Å². The predicted octanol–water partition coefficient (Wildman–Crippen LogP) is 3.85. The zero-order valence-electron chi connectivity index (χ0n) is 12.8. The molecule has 1 fully saturated rings. The van der Waals surface area contributed by atoms with E-state index in [1.54, 1.807) is 6.07 Å². The number of piperidine rings is 1. The lowest BCUT2D eigenvalue weighted by atomic mass is 10.1. The van der Waals surface area contributed by atoms with E-state index in [2.05, 4.69) is 17.4 Å². The Morgan fingerprint density at radius 3 is 2.64 bits per heavy atom. The van der Waals surface area contributed by atoms with Gasteiger partial charge in [0, 0.05) is 19.6 Å². The van der Waals surface area contributed by atoms with Crippen LogP contribution >= 0.6 is 0 Å². The number of hydrogen-bond donors (Lipinski definition) is 1. The molecule has 1 aromatic rings. The van der Waals surface area contributed by atoms with Crippen molar-refractivity contribution in [3.63, 3.8) is 0 Å². The summed E-state index contributed by atoms with van der Waals surface area (Å²) in [4.78, 5) is 0. The highest BCUT2D eigenvalue weighted by Gasteiger charge is 2.31. The summed E-state index contributed by atoms with van der Waals surface area (Å²) in [6, 6.07) is 5.11. The van der Waals surface area contributed by atoms with E-state index in [0.717, 1.165) is 57.5 Å². The smallest absolute Gasteiger partial charge is 0.416 e. The fourth-order valence-electron chi connectivity index (χ4n) is 2.48. The third-order valence-electron chi connectivity index (χ3n) is 3.77. The Kier molecular flexibility index (Phi) is 6.08. The summed E-state index contributed by atoms with van der Waals surface area (Å²) in [5, 5.41) is 2.17. The van der Waals surface area contributed by atoms with Crippen LogP contribution in [-0.2, 0) is 6.18 Å². The van der Waals surface area contributed by atoms with Crippen LogP contribution in [0.1, 0.15) is 38.2 Å². The van der Waals surface area contributed by atoms with Gasteiger partial charge >= 0.3 is 6.18 Å². The van der Waals surface area contributed by atoms with Crippen molar-refractivity contribution in [1.29, 1.82) is 0 Å². The molecule has 1 saturated heterocycles. The van der Waals surface area contributed by atoms with Crippen molar-refractivity contribution in [1.82, 2.24) is 10.4 Å². The molecule has 1 aromatic carbocycles. The standard InChI is InChI=1S/C16H23F3N2O/c1-2-3-9-20-21-10-7-14(8-11-21)22-15-6-4-5-13(12-15)16(17,18)19/h4-6,12,14,20H,2-3,7-11H2,1H3. The second-order valence-corrected chi connectivity index (χ2v) is 5.59. The van der Waals surface area contributed by atoms with Crippen molar-refractivity contribution < 1.29 is 17.9 Å². The summed E-state index contributed by atoms with van der Waals surface area (Å²) >= 11 is 0. The first-order valence-electron chi connectivity index (χ1n) is 7.81. The molecule has 124 valence electrons. The number of halogens is 3. The number of rotatable bonds is 6. The first-order valence-corrected chi connectivity index (χ1v) is 7.81. The van der Waals surface area contributed by atoms with Gasteiger partial charge in [-0.05, 0) is 37.5 Å². The van der Waals surface area contributed by atoms with Crippen LogP contribution in [0.2, 0.25) is 0 Å². The van der Waals surface area contributed by atoms with Crippen LogP contribution in [0.5, 0.6) is 5.75 Å². The molecule has 0 saturated carbocycles. The number of hydrazine groups is 1. The number of nitrogens with one attached hydrogen (secondary N) is 1. The molecule has 2 rings (SSSR count). The Bertz CT molecular complexity index is 457. The number of nitrogens with zero attached hydrogens (tertiary/aromatic N) is 1. The van der Waals surface area contributed by atoms with Crippen LogP contribution < -0.4 is 10.2 Å². The molecule has 0 atom stereocenters. The van der Waals surface area contributed by atoms with Crippen LogP contribution in [0, 0.1) is 0 Å². The maximum Gasteiger partial charge on any atom is 0.416 e.